The van der Waals surface area contributed by atoms with E-state index < -0.39 is 0 Å². The van der Waals surface area contributed by atoms with Gasteiger partial charge >= 0.3 is 0 Å². The first-order valence-corrected chi connectivity index (χ1v) is 8.53. The van der Waals surface area contributed by atoms with Gasteiger partial charge in [0.25, 0.3) is 5.91 Å². The summed E-state index contributed by atoms with van der Waals surface area (Å²) in [5, 5.41) is 10.1. The fraction of sp³-hybridized carbons (Fsp3) is 0.526. The van der Waals surface area contributed by atoms with Crippen molar-refractivity contribution in [2.24, 2.45) is 0 Å². The second-order valence-electron chi connectivity index (χ2n) is 6.57. The molecule has 4 heteroatoms. The first-order valence-electron chi connectivity index (χ1n) is 8.53. The molecule has 1 saturated heterocycles. The number of likely N-dealkylation sites (tertiary alicyclic amines) is 1. The first kappa shape index (κ1) is 16.1. The summed E-state index contributed by atoms with van der Waals surface area (Å²) in [4.78, 5) is 15.0. The molecule has 3 rings (SSSR count). The number of nitrogens with zero attached hydrogens (tertiary/aromatic N) is 1. The van der Waals surface area contributed by atoms with Crippen molar-refractivity contribution in [1.82, 2.24) is 4.90 Å². The van der Waals surface area contributed by atoms with Crippen LogP contribution in [0.15, 0.2) is 22.6 Å². The van der Waals surface area contributed by atoms with Gasteiger partial charge in [-0.05, 0) is 58.1 Å². The minimum atomic E-state index is -0.000933. The number of rotatable bonds is 4. The molecule has 1 unspecified atom stereocenters. The van der Waals surface area contributed by atoms with E-state index in [1.807, 2.05) is 30.9 Å². The molecule has 0 radical (unpaired) electrons. The Balaban J connectivity index is 1.90. The van der Waals surface area contributed by atoms with Crippen molar-refractivity contribution < 1.29 is 14.3 Å². The van der Waals surface area contributed by atoms with Crippen LogP contribution >= 0.6 is 0 Å². The van der Waals surface area contributed by atoms with Crippen LogP contribution in [-0.4, -0.2) is 35.1 Å². The molecular formula is C19H25NO3. The third kappa shape index (κ3) is 3.13. The van der Waals surface area contributed by atoms with Gasteiger partial charge < -0.3 is 14.4 Å². The fourth-order valence-electron chi connectivity index (χ4n) is 3.56. The number of carbonyl (C=O) groups excluding carboxylic acids is 1. The van der Waals surface area contributed by atoms with Gasteiger partial charge in [0.1, 0.15) is 5.58 Å². The lowest BCUT2D eigenvalue weighted by Gasteiger charge is -2.35. The highest BCUT2D eigenvalue weighted by Gasteiger charge is 2.30. The number of amides is 1. The van der Waals surface area contributed by atoms with Gasteiger partial charge in [0, 0.05) is 30.1 Å². The van der Waals surface area contributed by atoms with Crippen molar-refractivity contribution in [2.75, 3.05) is 13.2 Å². The molecule has 23 heavy (non-hydrogen) atoms. The van der Waals surface area contributed by atoms with Gasteiger partial charge in [0.2, 0.25) is 0 Å². The van der Waals surface area contributed by atoms with E-state index in [9.17, 15) is 4.79 Å². The summed E-state index contributed by atoms with van der Waals surface area (Å²) in [6, 6.07) is 6.24. The average molecular weight is 315 g/mol. The third-order valence-electron chi connectivity index (χ3n) is 4.87. The Labute approximate surface area is 137 Å². The zero-order valence-corrected chi connectivity index (χ0v) is 14.0. The van der Waals surface area contributed by atoms with Gasteiger partial charge in [0.05, 0.1) is 0 Å². The second kappa shape index (κ2) is 6.75. The number of aliphatic hydroxyl groups is 1. The summed E-state index contributed by atoms with van der Waals surface area (Å²) < 4.78 is 5.88. The predicted molar refractivity (Wildman–Crippen MR) is 90.7 cm³/mol. The Morgan fingerprint density at radius 1 is 1.35 bits per heavy atom. The summed E-state index contributed by atoms with van der Waals surface area (Å²) in [5.41, 5.74) is 2.87. The lowest BCUT2D eigenvalue weighted by Crippen LogP contribution is -2.43. The highest BCUT2D eigenvalue weighted by atomic mass is 16.3. The minimum absolute atomic E-state index is 0.000933. The minimum Gasteiger partial charge on any atom is -0.451 e. The lowest BCUT2D eigenvalue weighted by molar-refractivity contribution is 0.0560. The number of piperidine rings is 1. The Bertz CT molecular complexity index is 704. The topological polar surface area (TPSA) is 53.7 Å². The maximum atomic E-state index is 13.0. The average Bonchev–Trinajstić information content (AvgIpc) is 2.89. The second-order valence-corrected chi connectivity index (χ2v) is 6.57. The highest BCUT2D eigenvalue weighted by Crippen LogP contribution is 2.29. The van der Waals surface area contributed by atoms with Crippen LogP contribution in [0.3, 0.4) is 0 Å². The normalized spacial score (nSPS) is 18.6. The molecule has 1 fully saturated rings. The van der Waals surface area contributed by atoms with Crippen LogP contribution in [-0.2, 0) is 0 Å². The van der Waals surface area contributed by atoms with E-state index in [-0.39, 0.29) is 18.6 Å². The molecule has 2 heterocycles. The lowest BCUT2D eigenvalue weighted by atomic mass is 9.97. The number of aliphatic hydroxyl groups excluding tert-OH is 1. The molecule has 124 valence electrons. The molecule has 4 nitrogen and oxygen atoms in total. The molecule has 1 aromatic carbocycles. The Morgan fingerprint density at radius 2 is 2.17 bits per heavy atom. The van der Waals surface area contributed by atoms with Crippen molar-refractivity contribution in [3.05, 3.63) is 35.1 Å². The van der Waals surface area contributed by atoms with E-state index in [1.54, 1.807) is 0 Å². The molecule has 1 aliphatic heterocycles. The molecule has 1 aliphatic rings. The molecule has 1 N–H and O–H groups in total. The largest absolute Gasteiger partial charge is 0.451 e. The monoisotopic (exact) mass is 315 g/mol. The van der Waals surface area contributed by atoms with Gasteiger partial charge in [0.15, 0.2) is 5.76 Å². The van der Waals surface area contributed by atoms with Crippen LogP contribution < -0.4 is 0 Å². The van der Waals surface area contributed by atoms with Crippen molar-refractivity contribution in [3.63, 3.8) is 0 Å². The smallest absolute Gasteiger partial charge is 0.290 e. The van der Waals surface area contributed by atoms with Crippen molar-refractivity contribution in [1.29, 1.82) is 0 Å². The fourth-order valence-corrected chi connectivity index (χ4v) is 3.56. The van der Waals surface area contributed by atoms with Crippen LogP contribution in [0.4, 0.5) is 0 Å². The van der Waals surface area contributed by atoms with E-state index in [1.165, 1.54) is 5.56 Å². The van der Waals surface area contributed by atoms with E-state index in [0.717, 1.165) is 55.2 Å². The van der Waals surface area contributed by atoms with Crippen LogP contribution in [0, 0.1) is 13.8 Å². The van der Waals surface area contributed by atoms with Gasteiger partial charge in [-0.25, -0.2) is 0 Å². The molecule has 0 aliphatic carbocycles. The summed E-state index contributed by atoms with van der Waals surface area (Å²) in [5.74, 6) is 0.473. The Hall–Kier alpha value is -1.81. The maximum absolute atomic E-state index is 13.0. The van der Waals surface area contributed by atoms with Gasteiger partial charge in [-0.1, -0.05) is 11.6 Å². The van der Waals surface area contributed by atoms with Gasteiger partial charge in [-0.3, -0.25) is 4.79 Å². The quantitative estimate of drug-likeness (QED) is 0.933. The van der Waals surface area contributed by atoms with Crippen LogP contribution in [0.1, 0.15) is 53.8 Å². The summed E-state index contributed by atoms with van der Waals surface area (Å²) >= 11 is 0. The van der Waals surface area contributed by atoms with Crippen molar-refractivity contribution in [2.45, 2.75) is 52.0 Å². The molecule has 0 bridgehead atoms. The number of hydrogen-bond acceptors (Lipinski definition) is 3. The van der Waals surface area contributed by atoms with E-state index in [4.69, 9.17) is 9.52 Å². The number of fused-ring (bicyclic) bond motifs is 1. The molecule has 2 aromatic rings. The summed E-state index contributed by atoms with van der Waals surface area (Å²) in [7, 11) is 0. The molecule has 1 atom stereocenters. The third-order valence-corrected chi connectivity index (χ3v) is 4.87. The number of carbonyl (C=O) groups is 1. The molecule has 0 spiro atoms. The zero-order valence-electron chi connectivity index (χ0n) is 14.0. The van der Waals surface area contributed by atoms with Crippen molar-refractivity contribution >= 4 is 16.9 Å². The van der Waals surface area contributed by atoms with E-state index in [2.05, 4.69) is 6.07 Å². The summed E-state index contributed by atoms with van der Waals surface area (Å²) in [6.07, 6.45) is 4.81. The van der Waals surface area contributed by atoms with Gasteiger partial charge in [-0.15, -0.1) is 0 Å². The molecule has 1 aromatic heterocycles. The Kier molecular flexibility index (Phi) is 4.71. The zero-order chi connectivity index (χ0) is 16.4. The standard InChI is InChI=1S/C19H25NO3/c1-13-8-9-17-16(12-13)14(2)18(23-17)19(22)20-10-4-3-6-15(20)7-5-11-21/h8-9,12,15,21H,3-7,10-11H2,1-2H3. The number of furan rings is 1. The highest BCUT2D eigenvalue weighted by molar-refractivity contribution is 5.99. The Morgan fingerprint density at radius 3 is 2.96 bits per heavy atom. The predicted octanol–water partition coefficient (Wildman–Crippen LogP) is 3.82. The maximum Gasteiger partial charge on any atom is 0.290 e. The van der Waals surface area contributed by atoms with Crippen molar-refractivity contribution in [3.8, 4) is 0 Å². The van der Waals surface area contributed by atoms with E-state index >= 15 is 0 Å². The van der Waals surface area contributed by atoms with Crippen LogP contribution in [0.5, 0.6) is 0 Å². The summed E-state index contributed by atoms with van der Waals surface area (Å²) in [6.45, 7) is 4.97. The molecular weight excluding hydrogens is 290 g/mol. The number of benzene rings is 1. The SMILES string of the molecule is Cc1ccc2oc(C(=O)N3CCCCC3CCCO)c(C)c2c1. The molecule has 1 amide bonds. The van der Waals surface area contributed by atoms with Crippen LogP contribution in [0.25, 0.3) is 11.0 Å². The van der Waals surface area contributed by atoms with Crippen LogP contribution in [0.2, 0.25) is 0 Å². The van der Waals surface area contributed by atoms with Gasteiger partial charge in [-0.2, -0.15) is 0 Å². The van der Waals surface area contributed by atoms with E-state index in [0.29, 0.717) is 5.76 Å². The molecule has 0 saturated carbocycles. The number of hydrogen-bond donors (Lipinski definition) is 1. The first-order chi connectivity index (χ1) is 11.1. The number of aryl methyl sites for hydroxylation is 2.